The van der Waals surface area contributed by atoms with Crippen molar-refractivity contribution >= 4 is 11.8 Å². The maximum atomic E-state index is 14.4. The minimum atomic E-state index is -0.909. The van der Waals surface area contributed by atoms with E-state index in [9.17, 15) is 19.8 Å². The Morgan fingerprint density at radius 1 is 0.968 bits per heavy atom. The second-order valence-corrected chi connectivity index (χ2v) is 19.5. The van der Waals surface area contributed by atoms with Crippen LogP contribution in [0.1, 0.15) is 80.9 Å². The Balaban J connectivity index is 1.31. The van der Waals surface area contributed by atoms with Gasteiger partial charge in [0.25, 0.3) is 5.91 Å². The smallest absolute Gasteiger partial charge is 0.251 e. The van der Waals surface area contributed by atoms with Gasteiger partial charge >= 0.3 is 0 Å². The van der Waals surface area contributed by atoms with E-state index in [0.717, 1.165) is 47.2 Å². The van der Waals surface area contributed by atoms with E-state index in [0.29, 0.717) is 48.6 Å². The molecule has 0 radical (unpaired) electrons. The lowest BCUT2D eigenvalue weighted by Crippen LogP contribution is -2.62. The summed E-state index contributed by atoms with van der Waals surface area (Å²) in [6.07, 6.45) is 2.10. The normalized spacial score (nSPS) is 25.9. The molecule has 0 unspecified atom stereocenters. The highest BCUT2D eigenvalue weighted by Crippen LogP contribution is 2.61. The molecule has 3 saturated carbocycles. The number of hydrogen-bond donors (Lipinski definition) is 5. The molecule has 3 aromatic carbocycles. The van der Waals surface area contributed by atoms with Gasteiger partial charge < -0.3 is 40.7 Å². The van der Waals surface area contributed by atoms with Gasteiger partial charge in [0, 0.05) is 60.4 Å². The molecule has 340 valence electrons. The van der Waals surface area contributed by atoms with Crippen LogP contribution in [0.15, 0.2) is 66.7 Å². The van der Waals surface area contributed by atoms with Gasteiger partial charge in [-0.15, -0.1) is 0 Å². The molecule has 3 aromatic rings. The van der Waals surface area contributed by atoms with E-state index in [1.807, 2.05) is 62.6 Å². The first-order chi connectivity index (χ1) is 29.5. The maximum absolute atomic E-state index is 14.4. The number of amides is 2. The summed E-state index contributed by atoms with van der Waals surface area (Å²) in [5.74, 6) is 1.02. The Morgan fingerprint density at radius 3 is 2.29 bits per heavy atom. The monoisotopic (exact) mass is 855 g/mol. The number of nitrogens with one attached hydrogen (secondary N) is 3. The molecular weight excluding hydrogens is 781 g/mol. The SMILES string of the molecule is CC[C@@H](CN(C)C)NCc1cc(C(=O)N[C@@H](Cc2ccccc2)CN(C)C)cc(-c2cccc(CN3O[C@@H](CO)[C@@H]([C@H](C)O)[C@H]3C(=O)N[C@H]3C[C@H]4C[C@@H]([C@@H]3C)C4(C)C)c2OC)c1. The highest BCUT2D eigenvalue weighted by molar-refractivity contribution is 5.96. The van der Waals surface area contributed by atoms with E-state index < -0.39 is 24.2 Å². The zero-order valence-electron chi connectivity index (χ0n) is 38.9. The molecule has 0 spiro atoms. The molecule has 1 aliphatic heterocycles. The van der Waals surface area contributed by atoms with Gasteiger partial charge in [0.2, 0.25) is 5.91 Å². The van der Waals surface area contributed by atoms with Crippen LogP contribution in [-0.4, -0.2) is 128 Å². The zero-order valence-corrected chi connectivity index (χ0v) is 38.9. The van der Waals surface area contributed by atoms with E-state index in [2.05, 4.69) is 85.7 Å². The number of carbonyl (C=O) groups excluding carboxylic acids is 2. The molecule has 7 rings (SSSR count). The Morgan fingerprint density at radius 2 is 1.68 bits per heavy atom. The minimum absolute atomic E-state index is 0.0296. The van der Waals surface area contributed by atoms with Crippen molar-refractivity contribution in [3.63, 3.8) is 0 Å². The third-order valence-corrected chi connectivity index (χ3v) is 14.2. The predicted molar refractivity (Wildman–Crippen MR) is 245 cm³/mol. The van der Waals surface area contributed by atoms with Crippen molar-refractivity contribution in [3.8, 4) is 16.9 Å². The van der Waals surface area contributed by atoms with E-state index >= 15 is 0 Å². The molecule has 62 heavy (non-hydrogen) atoms. The van der Waals surface area contributed by atoms with Crippen molar-refractivity contribution < 1.29 is 29.4 Å². The summed E-state index contributed by atoms with van der Waals surface area (Å²) in [6, 6.07) is 21.5. The summed E-state index contributed by atoms with van der Waals surface area (Å²) < 4.78 is 6.20. The molecule has 3 aliphatic carbocycles. The van der Waals surface area contributed by atoms with Crippen LogP contribution in [-0.2, 0) is 29.1 Å². The molecule has 2 bridgehead atoms. The van der Waals surface area contributed by atoms with Crippen molar-refractivity contribution in [1.82, 2.24) is 30.8 Å². The number of para-hydroxylation sites is 1. The molecule has 10 atom stereocenters. The number of aliphatic hydroxyl groups is 2. The fraction of sp³-hybridized carbons (Fsp3) is 0.600. The number of hydroxylamine groups is 2. The van der Waals surface area contributed by atoms with Gasteiger partial charge in [-0.2, -0.15) is 5.06 Å². The Bertz CT molecular complexity index is 1960. The lowest BCUT2D eigenvalue weighted by Gasteiger charge is -2.62. The van der Waals surface area contributed by atoms with Gasteiger partial charge in [0.15, 0.2) is 0 Å². The molecule has 4 aliphatic rings. The Kier molecular flexibility index (Phi) is 15.9. The third kappa shape index (κ3) is 10.9. The van der Waals surface area contributed by atoms with Gasteiger partial charge in [-0.1, -0.05) is 76.2 Å². The van der Waals surface area contributed by atoms with Crippen LogP contribution in [0.4, 0.5) is 0 Å². The highest BCUT2D eigenvalue weighted by Gasteiger charge is 2.57. The van der Waals surface area contributed by atoms with Crippen LogP contribution < -0.4 is 20.7 Å². The van der Waals surface area contributed by atoms with Gasteiger partial charge in [-0.3, -0.25) is 14.4 Å². The van der Waals surface area contributed by atoms with Gasteiger partial charge in [-0.05, 0) is 119 Å². The average molecular weight is 855 g/mol. The summed E-state index contributed by atoms with van der Waals surface area (Å²) in [6.45, 7) is 12.7. The summed E-state index contributed by atoms with van der Waals surface area (Å²) in [5.41, 5.74) is 5.32. The fourth-order valence-electron chi connectivity index (χ4n) is 10.7. The Hall–Kier alpha value is -3.88. The highest BCUT2D eigenvalue weighted by atomic mass is 16.7. The largest absolute Gasteiger partial charge is 0.496 e. The summed E-state index contributed by atoms with van der Waals surface area (Å²) >= 11 is 0. The summed E-state index contributed by atoms with van der Waals surface area (Å²) in [7, 11) is 9.81. The second-order valence-electron chi connectivity index (χ2n) is 19.5. The second kappa shape index (κ2) is 20.7. The topological polar surface area (TPSA) is 139 Å². The number of likely N-dealkylation sites (N-methyl/N-ethyl adjacent to an activating group) is 2. The van der Waals surface area contributed by atoms with Crippen LogP contribution >= 0.6 is 0 Å². The number of fused-ring (bicyclic) bond motifs is 2. The lowest BCUT2D eigenvalue weighted by atomic mass is 9.45. The number of benzene rings is 3. The lowest BCUT2D eigenvalue weighted by molar-refractivity contribution is -0.183. The molecule has 0 aromatic heterocycles. The zero-order chi connectivity index (χ0) is 44.9. The van der Waals surface area contributed by atoms with Crippen LogP contribution in [0.2, 0.25) is 0 Å². The van der Waals surface area contributed by atoms with E-state index in [4.69, 9.17) is 9.57 Å². The van der Waals surface area contributed by atoms with Crippen molar-refractivity contribution in [3.05, 3.63) is 89.0 Å². The maximum Gasteiger partial charge on any atom is 0.251 e. The summed E-state index contributed by atoms with van der Waals surface area (Å²) in [5, 5.41) is 33.6. The van der Waals surface area contributed by atoms with Crippen LogP contribution in [0.5, 0.6) is 5.75 Å². The third-order valence-electron chi connectivity index (χ3n) is 14.2. The van der Waals surface area contributed by atoms with Crippen LogP contribution in [0.3, 0.4) is 0 Å². The van der Waals surface area contributed by atoms with Crippen molar-refractivity contribution in [2.24, 2.45) is 29.1 Å². The Labute approximate surface area is 370 Å². The first-order valence-corrected chi connectivity index (χ1v) is 22.7. The molecular formula is C50H74N6O6. The molecule has 2 amide bonds. The van der Waals surface area contributed by atoms with E-state index in [-0.39, 0.29) is 48.5 Å². The standard InChI is InChI=1S/C50H74N6O6/c1-11-39(28-54(6)7)51-26-34-20-36(23-37(21-34)48(59)52-40(29-55(8)9)22-33-16-13-12-14-17-33)41-19-15-18-35(47(41)61-10)27-56-46(45(32(3)58)44(30-57)62-56)49(60)53-43-25-38-24-42(31(43)2)50(38,4)5/h12-21,23,31-32,38-40,42-46,51,57-58H,11,22,24-30H2,1-10H3,(H,52,59)(H,53,60)/t31-,32-,38+,39-,40-,42-,43-,44-,45+,46-/m0/s1. The fourth-order valence-corrected chi connectivity index (χ4v) is 10.7. The first-order valence-electron chi connectivity index (χ1n) is 22.7. The first kappa shape index (κ1) is 47.6. The minimum Gasteiger partial charge on any atom is -0.496 e. The number of rotatable bonds is 20. The van der Waals surface area contributed by atoms with Gasteiger partial charge in [0.05, 0.1) is 26.4 Å². The number of hydrogen-bond acceptors (Lipinski definition) is 10. The molecule has 12 nitrogen and oxygen atoms in total. The summed E-state index contributed by atoms with van der Waals surface area (Å²) in [4.78, 5) is 39.4. The molecule has 5 N–H and O–H groups in total. The number of methoxy groups -OCH3 is 1. The molecule has 1 heterocycles. The van der Waals surface area contributed by atoms with Crippen molar-refractivity contribution in [2.45, 2.75) is 110 Å². The molecule has 1 saturated heterocycles. The number of carbonyl (C=O) groups is 2. The van der Waals surface area contributed by atoms with Gasteiger partial charge in [-0.25, -0.2) is 0 Å². The van der Waals surface area contributed by atoms with E-state index in [1.54, 1.807) is 19.1 Å². The number of ether oxygens (including phenoxy) is 1. The number of nitrogens with zero attached hydrogens (tertiary/aromatic N) is 3. The molecule has 4 fully saturated rings. The van der Waals surface area contributed by atoms with Crippen molar-refractivity contribution in [2.75, 3.05) is 55.0 Å². The number of aliphatic hydroxyl groups excluding tert-OH is 2. The average Bonchev–Trinajstić information content (AvgIpc) is 3.61. The van der Waals surface area contributed by atoms with E-state index in [1.165, 1.54) is 6.42 Å². The molecule has 12 heteroatoms. The predicted octanol–water partition coefficient (Wildman–Crippen LogP) is 5.36. The van der Waals surface area contributed by atoms with Gasteiger partial charge in [0.1, 0.15) is 17.9 Å². The van der Waals surface area contributed by atoms with Crippen LogP contribution in [0, 0.1) is 29.1 Å². The van der Waals surface area contributed by atoms with Crippen molar-refractivity contribution in [1.29, 1.82) is 0 Å². The quantitative estimate of drug-likeness (QED) is 0.101. The van der Waals surface area contributed by atoms with Crippen LogP contribution in [0.25, 0.3) is 11.1 Å².